The van der Waals surface area contributed by atoms with Gasteiger partial charge in [0.05, 0.1) is 19.6 Å². The molecule has 1 heterocycles. The standard InChI is InChI=1S/C13H9ClO4S/c15-14(16,17)18-19-12-7-3-1-5-10(12)9-11-6-2-4-8-13(11)19/h1-9H. The fourth-order valence-corrected chi connectivity index (χ4v) is 4.45. The second-order valence-corrected chi connectivity index (χ2v) is 6.61. The lowest BCUT2D eigenvalue weighted by molar-refractivity contribution is -1.91. The predicted molar refractivity (Wildman–Crippen MR) is 61.9 cm³/mol. The van der Waals surface area contributed by atoms with E-state index in [9.17, 15) is 14.0 Å². The van der Waals surface area contributed by atoms with E-state index in [-0.39, 0.29) is 0 Å². The van der Waals surface area contributed by atoms with Gasteiger partial charge in [0.25, 0.3) is 0 Å². The van der Waals surface area contributed by atoms with Crippen molar-refractivity contribution < 1.29 is 28.0 Å². The first-order chi connectivity index (χ1) is 9.04. The molecule has 0 radical (unpaired) electrons. The maximum Gasteiger partial charge on any atom is 0.148 e. The maximum atomic E-state index is 10.9. The van der Waals surface area contributed by atoms with E-state index in [1.54, 1.807) is 24.3 Å². The van der Waals surface area contributed by atoms with Crippen LogP contribution in [0.1, 0.15) is 5.56 Å². The Labute approximate surface area is 114 Å². The minimum absolute atomic E-state index is 0.702. The lowest BCUT2D eigenvalue weighted by atomic mass is 10.1. The quantitative estimate of drug-likeness (QED) is 0.682. The summed E-state index contributed by atoms with van der Waals surface area (Å²) in [4.78, 5) is 0.702. The summed E-state index contributed by atoms with van der Waals surface area (Å²) in [6, 6.07) is 14.6. The van der Waals surface area contributed by atoms with Crippen LogP contribution in [0.2, 0.25) is 0 Å². The minimum Gasteiger partial charge on any atom is -0.182 e. The van der Waals surface area contributed by atoms with Gasteiger partial charge in [0.15, 0.2) is 0 Å². The molecule has 0 bridgehead atoms. The summed E-state index contributed by atoms with van der Waals surface area (Å²) in [6.45, 7) is 0. The summed E-state index contributed by atoms with van der Waals surface area (Å²) in [5.74, 6) is 0. The Hall–Kier alpha value is -1.21. The van der Waals surface area contributed by atoms with Gasteiger partial charge in [0, 0.05) is 0 Å². The van der Waals surface area contributed by atoms with Gasteiger partial charge >= 0.3 is 0 Å². The number of hydrogen-bond donors (Lipinski definition) is 0. The summed E-state index contributed by atoms with van der Waals surface area (Å²) in [5, 5.41) is 0.864. The highest BCUT2D eigenvalue weighted by atomic mass is 35.7. The van der Waals surface area contributed by atoms with Gasteiger partial charge in [-0.05, 0) is 29.0 Å². The van der Waals surface area contributed by atoms with Crippen LogP contribution in [0, 0.1) is 14.8 Å². The fourth-order valence-electron chi connectivity index (χ4n) is 1.97. The zero-order chi connectivity index (χ0) is 13.5. The van der Waals surface area contributed by atoms with Crippen molar-refractivity contribution in [1.82, 2.24) is 0 Å². The van der Waals surface area contributed by atoms with Crippen LogP contribution in [-0.4, -0.2) is 0 Å². The van der Waals surface area contributed by atoms with E-state index in [0.717, 1.165) is 10.8 Å². The molecule has 0 saturated carbocycles. The number of halogens is 1. The molecule has 98 valence electrons. The summed E-state index contributed by atoms with van der Waals surface area (Å²) in [5.41, 5.74) is 0.864. The molecule has 0 spiro atoms. The van der Waals surface area contributed by atoms with Gasteiger partial charge in [0.1, 0.15) is 14.5 Å². The van der Waals surface area contributed by atoms with Gasteiger partial charge in [-0.3, -0.25) is 0 Å². The predicted octanol–water partition coefficient (Wildman–Crippen LogP) is -0.763. The molecule has 2 aromatic carbocycles. The van der Waals surface area contributed by atoms with Gasteiger partial charge in [-0.1, -0.05) is 36.4 Å². The third-order valence-corrected chi connectivity index (χ3v) is 5.35. The van der Waals surface area contributed by atoms with E-state index in [1.165, 1.54) is 0 Å². The zero-order valence-electron chi connectivity index (χ0n) is 9.62. The molecule has 1 aliphatic heterocycles. The first kappa shape index (κ1) is 12.8. The second-order valence-electron chi connectivity index (χ2n) is 3.93. The van der Waals surface area contributed by atoms with Gasteiger partial charge in [-0.15, -0.1) is 0 Å². The van der Waals surface area contributed by atoms with Crippen molar-refractivity contribution in [3.05, 3.63) is 63.8 Å². The Morgan fingerprint density at radius 1 is 0.895 bits per heavy atom. The van der Waals surface area contributed by atoms with Crippen molar-refractivity contribution in [3.8, 4) is 0 Å². The molecule has 0 fully saturated rings. The van der Waals surface area contributed by atoms with Crippen LogP contribution in [0.4, 0.5) is 0 Å². The Kier molecular flexibility index (Phi) is 3.18. The summed E-state index contributed by atoms with van der Waals surface area (Å²) in [7, 11) is -5.68. The largest absolute Gasteiger partial charge is 0.182 e. The van der Waals surface area contributed by atoms with Crippen molar-refractivity contribution in [3.63, 3.8) is 0 Å². The molecule has 0 saturated heterocycles. The molecule has 6 heteroatoms. The number of rotatable bonds is 2. The fraction of sp³-hybridized carbons (Fsp3) is 0. The maximum absolute atomic E-state index is 10.9. The first-order valence-electron chi connectivity index (χ1n) is 5.42. The SMILES string of the molecule is [O-][Cl+3]([O-])([O-])OS1=c2ccccc2=Cc2ccccc21. The van der Waals surface area contributed by atoms with Gasteiger partial charge in [0.2, 0.25) is 0 Å². The number of fused-ring (bicyclic) bond motifs is 2. The average Bonchev–Trinajstić information content (AvgIpc) is 2.37. The van der Waals surface area contributed by atoms with E-state index >= 15 is 0 Å². The molecule has 2 aromatic rings. The van der Waals surface area contributed by atoms with Crippen molar-refractivity contribution in [2.24, 2.45) is 0 Å². The summed E-state index contributed by atoms with van der Waals surface area (Å²) >= 11 is 0. The average molecular weight is 297 g/mol. The number of benzene rings is 2. The topological polar surface area (TPSA) is 78.4 Å². The van der Waals surface area contributed by atoms with Crippen LogP contribution in [0.3, 0.4) is 0 Å². The highest BCUT2D eigenvalue weighted by molar-refractivity contribution is 8.05. The van der Waals surface area contributed by atoms with Crippen LogP contribution < -0.4 is 19.2 Å². The highest BCUT2D eigenvalue weighted by Gasteiger charge is 2.26. The van der Waals surface area contributed by atoms with Crippen LogP contribution in [-0.2, 0) is 3.74 Å². The summed E-state index contributed by atoms with van der Waals surface area (Å²) in [6.07, 6.45) is 1.95. The lowest BCUT2D eigenvalue weighted by Gasteiger charge is -2.17. The monoisotopic (exact) mass is 296 g/mol. The van der Waals surface area contributed by atoms with E-state index < -0.39 is 21.0 Å². The van der Waals surface area contributed by atoms with Gasteiger partial charge in [-0.2, -0.15) is 14.0 Å². The van der Waals surface area contributed by atoms with E-state index in [4.69, 9.17) is 3.74 Å². The highest BCUT2D eigenvalue weighted by Crippen LogP contribution is 2.37. The zero-order valence-corrected chi connectivity index (χ0v) is 11.2. The van der Waals surface area contributed by atoms with Gasteiger partial charge < -0.3 is 0 Å². The molecule has 3 rings (SSSR count). The molecular weight excluding hydrogens is 288 g/mol. The third kappa shape index (κ3) is 2.57. The Morgan fingerprint density at radius 2 is 1.58 bits per heavy atom. The Bertz CT molecular complexity index is 752. The van der Waals surface area contributed by atoms with Crippen molar-refractivity contribution in [2.75, 3.05) is 0 Å². The molecule has 4 nitrogen and oxygen atoms in total. The minimum atomic E-state index is -4.47. The normalized spacial score (nSPS) is 17.3. The van der Waals surface area contributed by atoms with Crippen LogP contribution in [0.5, 0.6) is 0 Å². The second kappa shape index (κ2) is 4.72. The van der Waals surface area contributed by atoms with E-state index in [0.29, 0.717) is 9.41 Å². The molecule has 1 unspecified atom stereocenters. The van der Waals surface area contributed by atoms with E-state index in [1.807, 2.05) is 30.3 Å². The van der Waals surface area contributed by atoms with E-state index in [2.05, 4.69) is 0 Å². The van der Waals surface area contributed by atoms with Crippen LogP contribution >= 0.6 is 10.8 Å². The lowest BCUT2D eigenvalue weighted by Crippen LogP contribution is -2.60. The molecule has 0 aliphatic carbocycles. The smallest absolute Gasteiger partial charge is 0.148 e. The first-order valence-corrected chi connectivity index (χ1v) is 7.81. The molecule has 0 amide bonds. The Morgan fingerprint density at radius 3 is 2.37 bits per heavy atom. The van der Waals surface area contributed by atoms with Crippen molar-refractivity contribution in [2.45, 2.75) is 4.90 Å². The molecular formula is C13H9ClO4S. The van der Waals surface area contributed by atoms with Crippen molar-refractivity contribution >= 4 is 16.8 Å². The van der Waals surface area contributed by atoms with Crippen LogP contribution in [0.15, 0.2) is 53.4 Å². The van der Waals surface area contributed by atoms with Crippen LogP contribution in [0.25, 0.3) is 6.08 Å². The van der Waals surface area contributed by atoms with Gasteiger partial charge in [-0.25, -0.2) is 0 Å². The number of hydrogen-bond acceptors (Lipinski definition) is 4. The summed E-state index contributed by atoms with van der Waals surface area (Å²) < 4.78 is 38.2. The molecule has 1 aliphatic rings. The third-order valence-electron chi connectivity index (χ3n) is 2.69. The molecule has 0 aromatic heterocycles. The Balaban J connectivity index is 2.33. The molecule has 19 heavy (non-hydrogen) atoms. The molecule has 0 N–H and O–H groups in total. The molecule has 1 atom stereocenters. The van der Waals surface area contributed by atoms with Crippen molar-refractivity contribution in [1.29, 1.82) is 0 Å².